The van der Waals surface area contributed by atoms with Gasteiger partial charge < -0.3 is 20.2 Å². The molecule has 0 aliphatic rings. The van der Waals surface area contributed by atoms with Gasteiger partial charge in [-0.05, 0) is 29.0 Å². The van der Waals surface area contributed by atoms with E-state index in [1.165, 1.54) is 22.8 Å². The van der Waals surface area contributed by atoms with Crippen LogP contribution in [0.4, 0.5) is 17.3 Å². The van der Waals surface area contributed by atoms with Gasteiger partial charge in [0.25, 0.3) is 4.96 Å². The van der Waals surface area contributed by atoms with Crippen molar-refractivity contribution in [2.24, 2.45) is 5.92 Å². The summed E-state index contributed by atoms with van der Waals surface area (Å²) in [7, 11) is 1.37. The van der Waals surface area contributed by atoms with Gasteiger partial charge in [0.2, 0.25) is 5.82 Å². The Morgan fingerprint density at radius 3 is 2.80 bits per heavy atom. The van der Waals surface area contributed by atoms with Crippen molar-refractivity contribution in [3.63, 3.8) is 0 Å². The fourth-order valence-electron chi connectivity index (χ4n) is 2.53. The molecule has 0 bridgehead atoms. The maximum Gasteiger partial charge on any atom is 0.373 e. The van der Waals surface area contributed by atoms with Crippen LogP contribution in [0.5, 0.6) is 0 Å². The number of hydrogen-bond donors (Lipinski definition) is 1. The Morgan fingerprint density at radius 1 is 1.44 bits per heavy atom. The second-order valence-electron chi connectivity index (χ2n) is 5.55. The molecule has 2 aromatic heterocycles. The zero-order chi connectivity index (χ0) is 18.0. The van der Waals surface area contributed by atoms with Crippen LogP contribution in [0.2, 0.25) is 0 Å². The molecule has 25 heavy (non-hydrogen) atoms. The maximum atomic E-state index is 11.5. The molecule has 0 aliphatic carbocycles. The van der Waals surface area contributed by atoms with Gasteiger partial charge in [0, 0.05) is 11.1 Å². The van der Waals surface area contributed by atoms with Crippen molar-refractivity contribution in [2.75, 3.05) is 12.4 Å². The quantitative estimate of drug-likeness (QED) is 0.411. The number of anilines is 2. The van der Waals surface area contributed by atoms with Crippen LogP contribution in [0.25, 0.3) is 4.96 Å². The number of ether oxygens (including phenoxy) is 1. The largest absolute Gasteiger partial charge is 0.469 e. The lowest BCUT2D eigenvalue weighted by Crippen LogP contribution is -2.15. The van der Waals surface area contributed by atoms with E-state index in [-0.39, 0.29) is 23.5 Å². The van der Waals surface area contributed by atoms with Crippen LogP contribution >= 0.6 is 11.3 Å². The van der Waals surface area contributed by atoms with Crippen molar-refractivity contribution in [3.8, 4) is 0 Å². The number of rotatable bonds is 6. The molecular formula is C16H16N4O4S. The number of nitrogens with one attached hydrogen (secondary N) is 1. The van der Waals surface area contributed by atoms with Gasteiger partial charge in [0.1, 0.15) is 6.20 Å². The van der Waals surface area contributed by atoms with Crippen LogP contribution in [0.3, 0.4) is 0 Å². The molecule has 1 N–H and O–H groups in total. The van der Waals surface area contributed by atoms with E-state index in [2.05, 4.69) is 10.3 Å². The van der Waals surface area contributed by atoms with E-state index in [1.54, 1.807) is 30.6 Å². The standard InChI is InChI=1S/C16H16N4O4S/c1-10(15(21)24-2)9-11-3-5-12(6-4-11)17-13-14(20(22)23)19-7-8-25-16(19)18-13/h3-8,10,17H,9H2,1-2H3. The van der Waals surface area contributed by atoms with Gasteiger partial charge in [-0.25, -0.2) is 0 Å². The molecule has 0 saturated heterocycles. The average molecular weight is 360 g/mol. The van der Waals surface area contributed by atoms with E-state index in [4.69, 9.17) is 4.74 Å². The first-order valence-electron chi connectivity index (χ1n) is 7.53. The minimum Gasteiger partial charge on any atom is -0.469 e. The van der Waals surface area contributed by atoms with Crippen molar-refractivity contribution in [2.45, 2.75) is 13.3 Å². The van der Waals surface area contributed by atoms with Gasteiger partial charge in [0.15, 0.2) is 0 Å². The molecule has 8 nitrogen and oxygen atoms in total. The number of fused-ring (bicyclic) bond motifs is 1. The number of carbonyl (C=O) groups is 1. The number of esters is 1. The molecule has 0 fully saturated rings. The Balaban J connectivity index is 1.78. The van der Waals surface area contributed by atoms with Gasteiger partial charge >= 0.3 is 11.8 Å². The summed E-state index contributed by atoms with van der Waals surface area (Å²) >= 11 is 1.33. The minimum atomic E-state index is -0.457. The minimum absolute atomic E-state index is 0.0976. The molecule has 0 aliphatic heterocycles. The number of aromatic nitrogens is 2. The molecular weight excluding hydrogens is 344 g/mol. The first-order chi connectivity index (χ1) is 12.0. The second-order valence-corrected chi connectivity index (χ2v) is 6.42. The van der Waals surface area contributed by atoms with Crippen LogP contribution in [-0.2, 0) is 16.0 Å². The highest BCUT2D eigenvalue weighted by molar-refractivity contribution is 7.15. The summed E-state index contributed by atoms with van der Waals surface area (Å²) in [6, 6.07) is 7.34. The summed E-state index contributed by atoms with van der Waals surface area (Å²) in [4.78, 5) is 27.2. The van der Waals surface area contributed by atoms with E-state index in [0.717, 1.165) is 5.56 Å². The Labute approximate surface area is 147 Å². The molecule has 3 aromatic rings. The molecule has 130 valence electrons. The van der Waals surface area contributed by atoms with E-state index >= 15 is 0 Å². The Bertz CT molecular complexity index is 916. The molecule has 1 aromatic carbocycles. The molecule has 0 radical (unpaired) electrons. The van der Waals surface area contributed by atoms with Crippen LogP contribution < -0.4 is 5.32 Å². The summed E-state index contributed by atoms with van der Waals surface area (Å²) < 4.78 is 6.16. The molecule has 2 heterocycles. The van der Waals surface area contributed by atoms with Crippen molar-refractivity contribution >= 4 is 39.6 Å². The van der Waals surface area contributed by atoms with Crippen LogP contribution in [0.1, 0.15) is 12.5 Å². The van der Waals surface area contributed by atoms with Crippen molar-refractivity contribution in [3.05, 3.63) is 51.5 Å². The van der Waals surface area contributed by atoms with Gasteiger partial charge in [-0.3, -0.25) is 4.79 Å². The lowest BCUT2D eigenvalue weighted by Gasteiger charge is -2.10. The zero-order valence-corrected chi connectivity index (χ0v) is 14.4. The zero-order valence-electron chi connectivity index (χ0n) is 13.6. The normalized spacial score (nSPS) is 12.1. The predicted octanol–water partition coefficient (Wildman–Crippen LogP) is 3.40. The Hall–Kier alpha value is -2.94. The molecule has 1 unspecified atom stereocenters. The third-order valence-corrected chi connectivity index (χ3v) is 4.53. The van der Waals surface area contributed by atoms with Crippen molar-refractivity contribution < 1.29 is 14.5 Å². The summed E-state index contributed by atoms with van der Waals surface area (Å²) in [5.41, 5.74) is 1.66. The number of carbonyl (C=O) groups excluding carboxylic acids is 1. The summed E-state index contributed by atoms with van der Waals surface area (Å²) in [6.07, 6.45) is 2.18. The van der Waals surface area contributed by atoms with Gasteiger partial charge in [-0.15, -0.1) is 0 Å². The molecule has 0 saturated carbocycles. The smallest absolute Gasteiger partial charge is 0.373 e. The first-order valence-corrected chi connectivity index (χ1v) is 8.41. The lowest BCUT2D eigenvalue weighted by molar-refractivity contribution is -0.389. The molecule has 9 heteroatoms. The fourth-order valence-corrected chi connectivity index (χ4v) is 3.24. The second kappa shape index (κ2) is 6.89. The van der Waals surface area contributed by atoms with Gasteiger partial charge in [0.05, 0.1) is 13.0 Å². The van der Waals surface area contributed by atoms with E-state index in [0.29, 0.717) is 17.1 Å². The predicted molar refractivity (Wildman–Crippen MR) is 94.3 cm³/mol. The number of benzene rings is 1. The lowest BCUT2D eigenvalue weighted by atomic mass is 10.0. The van der Waals surface area contributed by atoms with E-state index < -0.39 is 4.92 Å². The summed E-state index contributed by atoms with van der Waals surface area (Å²) in [6.45, 7) is 1.80. The number of methoxy groups -OCH3 is 1. The van der Waals surface area contributed by atoms with Crippen molar-refractivity contribution in [1.82, 2.24) is 9.38 Å². The number of hydrogen-bond acceptors (Lipinski definition) is 7. The number of imidazole rings is 1. The Kier molecular flexibility index (Phi) is 4.66. The first kappa shape index (κ1) is 16.9. The highest BCUT2D eigenvalue weighted by atomic mass is 32.1. The van der Waals surface area contributed by atoms with Crippen LogP contribution in [0.15, 0.2) is 35.8 Å². The third-order valence-electron chi connectivity index (χ3n) is 3.77. The van der Waals surface area contributed by atoms with E-state index in [1.807, 2.05) is 12.1 Å². The number of nitro groups is 1. The van der Waals surface area contributed by atoms with E-state index in [9.17, 15) is 14.9 Å². The van der Waals surface area contributed by atoms with Crippen LogP contribution in [-0.4, -0.2) is 27.4 Å². The number of thiazole rings is 1. The third kappa shape index (κ3) is 3.45. The maximum absolute atomic E-state index is 11.5. The summed E-state index contributed by atoms with van der Waals surface area (Å²) in [5.74, 6) is -0.382. The molecule has 0 amide bonds. The topological polar surface area (TPSA) is 98.8 Å². The molecule has 3 rings (SSSR count). The highest BCUT2D eigenvalue weighted by Gasteiger charge is 2.23. The SMILES string of the molecule is COC(=O)C(C)Cc1ccc(Nc2nc3sccn3c2[N+](=O)[O-])cc1. The van der Waals surface area contributed by atoms with Gasteiger partial charge in [-0.1, -0.05) is 30.4 Å². The number of nitrogens with zero attached hydrogens (tertiary/aromatic N) is 3. The molecule has 1 atom stereocenters. The van der Waals surface area contributed by atoms with Crippen molar-refractivity contribution in [1.29, 1.82) is 0 Å². The molecule has 0 spiro atoms. The Morgan fingerprint density at radius 2 is 2.16 bits per heavy atom. The summed E-state index contributed by atoms with van der Waals surface area (Å²) in [5, 5.41) is 16.1. The van der Waals surface area contributed by atoms with Gasteiger partial charge in [-0.2, -0.15) is 9.38 Å². The monoisotopic (exact) mass is 360 g/mol. The fraction of sp³-hybridized carbons (Fsp3) is 0.250. The van der Waals surface area contributed by atoms with Crippen LogP contribution in [0, 0.1) is 16.0 Å². The highest BCUT2D eigenvalue weighted by Crippen LogP contribution is 2.30. The average Bonchev–Trinajstić information content (AvgIpc) is 3.15.